The number of carbonyl (C=O) groups excluding carboxylic acids is 1. The summed E-state index contributed by atoms with van der Waals surface area (Å²) in [5.41, 5.74) is 2.51. The maximum Gasteiger partial charge on any atom is 0.181 e. The molecule has 17 heavy (non-hydrogen) atoms. The summed E-state index contributed by atoms with van der Waals surface area (Å²) in [6.07, 6.45) is 4.36. The highest BCUT2D eigenvalue weighted by atomic mass is 16.3. The number of carbonyl (C=O) groups is 1. The van der Waals surface area contributed by atoms with Gasteiger partial charge in [0.25, 0.3) is 0 Å². The van der Waals surface area contributed by atoms with E-state index >= 15 is 0 Å². The molecular formula is C15H22O2. The quantitative estimate of drug-likeness (QED) is 0.654. The van der Waals surface area contributed by atoms with E-state index in [1.807, 2.05) is 27.7 Å². The fourth-order valence-corrected chi connectivity index (χ4v) is 3.35. The molecule has 0 heterocycles. The molecule has 1 saturated carbocycles. The summed E-state index contributed by atoms with van der Waals surface area (Å²) < 4.78 is 0. The third-order valence-electron chi connectivity index (χ3n) is 4.51. The van der Waals surface area contributed by atoms with Gasteiger partial charge < -0.3 is 5.11 Å². The second-order valence-corrected chi connectivity index (χ2v) is 6.04. The van der Waals surface area contributed by atoms with E-state index in [1.165, 1.54) is 0 Å². The van der Waals surface area contributed by atoms with Crippen molar-refractivity contribution in [2.24, 2.45) is 11.8 Å². The molecule has 3 atom stereocenters. The highest BCUT2D eigenvalue weighted by Crippen LogP contribution is 2.48. The molecule has 0 unspecified atom stereocenters. The minimum absolute atomic E-state index is 0.146. The maximum atomic E-state index is 12.1. The van der Waals surface area contributed by atoms with Crippen molar-refractivity contribution in [3.63, 3.8) is 0 Å². The van der Waals surface area contributed by atoms with Gasteiger partial charge in [-0.05, 0) is 70.4 Å². The summed E-state index contributed by atoms with van der Waals surface area (Å²) in [7, 11) is 0. The summed E-state index contributed by atoms with van der Waals surface area (Å²) in [6.45, 7) is 7.93. The zero-order valence-electron chi connectivity index (χ0n) is 11.2. The molecule has 2 heteroatoms. The molecule has 0 radical (unpaired) electrons. The predicted molar refractivity (Wildman–Crippen MR) is 68.6 cm³/mol. The molecule has 0 amide bonds. The SMILES string of the molecule is CC1=CC(=O)C(=C(C)C)C[C@@H]2[C@H]1CC[C@]2(C)O. The summed E-state index contributed by atoms with van der Waals surface area (Å²) >= 11 is 0. The van der Waals surface area contributed by atoms with E-state index in [1.54, 1.807) is 6.08 Å². The van der Waals surface area contributed by atoms with E-state index in [-0.39, 0.29) is 11.7 Å². The van der Waals surface area contributed by atoms with Gasteiger partial charge in [-0.15, -0.1) is 0 Å². The maximum absolute atomic E-state index is 12.1. The molecule has 0 bridgehead atoms. The summed E-state index contributed by atoms with van der Waals surface area (Å²) in [5.74, 6) is 0.730. The summed E-state index contributed by atoms with van der Waals surface area (Å²) in [5, 5.41) is 10.5. The van der Waals surface area contributed by atoms with Crippen molar-refractivity contribution < 1.29 is 9.90 Å². The standard InChI is InChI=1S/C15H22O2/c1-9(2)12-8-13-11(5-6-15(13,4)17)10(3)7-14(12)16/h7,11,13,17H,5-6,8H2,1-4H3/t11-,13+,15-/m0/s1. The van der Waals surface area contributed by atoms with Crippen LogP contribution in [-0.2, 0) is 4.79 Å². The smallest absolute Gasteiger partial charge is 0.181 e. The van der Waals surface area contributed by atoms with Gasteiger partial charge in [-0.1, -0.05) is 11.1 Å². The van der Waals surface area contributed by atoms with Crippen LogP contribution in [0, 0.1) is 11.8 Å². The van der Waals surface area contributed by atoms with Crippen LogP contribution in [0.5, 0.6) is 0 Å². The van der Waals surface area contributed by atoms with Crippen LogP contribution in [0.15, 0.2) is 22.8 Å². The first-order valence-electron chi connectivity index (χ1n) is 6.44. The van der Waals surface area contributed by atoms with Crippen LogP contribution in [-0.4, -0.2) is 16.5 Å². The number of hydrogen-bond acceptors (Lipinski definition) is 2. The third kappa shape index (κ3) is 2.11. The van der Waals surface area contributed by atoms with Gasteiger partial charge >= 0.3 is 0 Å². The second-order valence-electron chi connectivity index (χ2n) is 6.04. The van der Waals surface area contributed by atoms with Crippen molar-refractivity contribution in [2.45, 2.75) is 52.6 Å². The molecule has 0 aliphatic heterocycles. The van der Waals surface area contributed by atoms with E-state index in [2.05, 4.69) is 0 Å². The lowest BCUT2D eigenvalue weighted by Gasteiger charge is -2.29. The van der Waals surface area contributed by atoms with Crippen LogP contribution < -0.4 is 0 Å². The van der Waals surface area contributed by atoms with Crippen LogP contribution in [0.25, 0.3) is 0 Å². The van der Waals surface area contributed by atoms with Gasteiger partial charge in [-0.25, -0.2) is 0 Å². The lowest BCUT2D eigenvalue weighted by atomic mass is 9.80. The second kappa shape index (κ2) is 4.09. The van der Waals surface area contributed by atoms with Crippen molar-refractivity contribution >= 4 is 5.78 Å². The largest absolute Gasteiger partial charge is 0.390 e. The number of allylic oxidation sites excluding steroid dienone is 4. The molecule has 2 nitrogen and oxygen atoms in total. The number of aliphatic hydroxyl groups is 1. The van der Waals surface area contributed by atoms with Crippen LogP contribution in [0.4, 0.5) is 0 Å². The molecule has 2 aliphatic carbocycles. The van der Waals surface area contributed by atoms with E-state index < -0.39 is 5.60 Å². The Kier molecular flexibility index (Phi) is 3.03. The fraction of sp³-hybridized carbons (Fsp3) is 0.667. The van der Waals surface area contributed by atoms with Crippen LogP contribution in [0.3, 0.4) is 0 Å². The van der Waals surface area contributed by atoms with Gasteiger partial charge in [0.1, 0.15) is 0 Å². The predicted octanol–water partition coefficient (Wildman–Crippen LogP) is 3.02. The average Bonchev–Trinajstić information content (AvgIpc) is 2.41. The lowest BCUT2D eigenvalue weighted by molar-refractivity contribution is -0.111. The van der Waals surface area contributed by atoms with E-state index in [9.17, 15) is 9.90 Å². The Morgan fingerprint density at radius 1 is 1.47 bits per heavy atom. The average molecular weight is 234 g/mol. The summed E-state index contributed by atoms with van der Waals surface area (Å²) in [6, 6.07) is 0. The first-order chi connectivity index (χ1) is 7.83. The van der Waals surface area contributed by atoms with Crippen molar-refractivity contribution in [2.75, 3.05) is 0 Å². The van der Waals surface area contributed by atoms with Crippen LogP contribution >= 0.6 is 0 Å². The molecule has 1 fully saturated rings. The fourth-order valence-electron chi connectivity index (χ4n) is 3.35. The van der Waals surface area contributed by atoms with Gasteiger partial charge in [-0.2, -0.15) is 0 Å². The lowest BCUT2D eigenvalue weighted by Crippen LogP contribution is -2.32. The van der Waals surface area contributed by atoms with E-state index in [0.717, 1.165) is 36.0 Å². The molecule has 0 aromatic heterocycles. The zero-order valence-corrected chi connectivity index (χ0v) is 11.2. The van der Waals surface area contributed by atoms with Gasteiger partial charge in [0.2, 0.25) is 0 Å². The number of fused-ring (bicyclic) bond motifs is 1. The number of rotatable bonds is 0. The zero-order chi connectivity index (χ0) is 12.8. The van der Waals surface area contributed by atoms with Gasteiger partial charge in [0.05, 0.1) is 5.60 Å². The van der Waals surface area contributed by atoms with Crippen LogP contribution in [0.2, 0.25) is 0 Å². The Morgan fingerprint density at radius 3 is 2.71 bits per heavy atom. The number of ketones is 1. The van der Waals surface area contributed by atoms with Crippen molar-refractivity contribution in [3.05, 3.63) is 22.8 Å². The summed E-state index contributed by atoms with van der Waals surface area (Å²) in [4.78, 5) is 12.1. The van der Waals surface area contributed by atoms with Gasteiger partial charge in [-0.3, -0.25) is 4.79 Å². The Bertz CT molecular complexity index is 409. The molecular weight excluding hydrogens is 212 g/mol. The molecule has 1 N–H and O–H groups in total. The Labute approximate surface area is 103 Å². The molecule has 94 valence electrons. The minimum atomic E-state index is -0.620. The molecule has 0 spiro atoms. The van der Waals surface area contributed by atoms with E-state index in [0.29, 0.717) is 5.92 Å². The molecule has 0 aromatic carbocycles. The number of hydrogen-bond donors (Lipinski definition) is 1. The monoisotopic (exact) mass is 234 g/mol. The Morgan fingerprint density at radius 2 is 2.12 bits per heavy atom. The first kappa shape index (κ1) is 12.6. The van der Waals surface area contributed by atoms with E-state index in [4.69, 9.17) is 0 Å². The van der Waals surface area contributed by atoms with Gasteiger partial charge in [0.15, 0.2) is 5.78 Å². The first-order valence-corrected chi connectivity index (χ1v) is 6.44. The van der Waals surface area contributed by atoms with Crippen molar-refractivity contribution in [1.82, 2.24) is 0 Å². The molecule has 2 aliphatic rings. The Balaban J connectivity index is 2.45. The highest BCUT2D eigenvalue weighted by molar-refractivity contribution is 6.05. The van der Waals surface area contributed by atoms with Gasteiger partial charge in [0, 0.05) is 0 Å². The minimum Gasteiger partial charge on any atom is -0.390 e. The Hall–Kier alpha value is -0.890. The molecule has 0 aromatic rings. The molecule has 0 saturated heterocycles. The third-order valence-corrected chi connectivity index (χ3v) is 4.51. The highest BCUT2D eigenvalue weighted by Gasteiger charge is 2.46. The normalized spacial score (nSPS) is 37.6. The van der Waals surface area contributed by atoms with Crippen molar-refractivity contribution in [3.8, 4) is 0 Å². The topological polar surface area (TPSA) is 37.3 Å². The van der Waals surface area contributed by atoms with Crippen LogP contribution in [0.1, 0.15) is 47.0 Å². The molecule has 2 rings (SSSR count). The van der Waals surface area contributed by atoms with Crippen molar-refractivity contribution in [1.29, 1.82) is 0 Å².